The summed E-state index contributed by atoms with van der Waals surface area (Å²) < 4.78 is 0. The third-order valence-corrected chi connectivity index (χ3v) is 2.26. The summed E-state index contributed by atoms with van der Waals surface area (Å²) in [4.78, 5) is 0. The SMILES string of the molecule is C1C[C@H]2CNC[C@H]2N1.CC.[HH]. The van der Waals surface area contributed by atoms with E-state index in [0.717, 1.165) is 12.0 Å². The number of rotatable bonds is 0. The van der Waals surface area contributed by atoms with Gasteiger partial charge in [0.2, 0.25) is 0 Å². The molecule has 0 unspecified atom stereocenters. The molecular weight excluding hydrogens is 124 g/mol. The van der Waals surface area contributed by atoms with E-state index in [-0.39, 0.29) is 1.43 Å². The average Bonchev–Trinajstić information content (AvgIpc) is 2.49. The lowest BCUT2D eigenvalue weighted by Crippen LogP contribution is -2.27. The van der Waals surface area contributed by atoms with Gasteiger partial charge in [-0.2, -0.15) is 0 Å². The van der Waals surface area contributed by atoms with Crippen LogP contribution in [0.1, 0.15) is 21.7 Å². The van der Waals surface area contributed by atoms with Crippen LogP contribution in [0.5, 0.6) is 0 Å². The van der Waals surface area contributed by atoms with E-state index in [1.54, 1.807) is 0 Å². The van der Waals surface area contributed by atoms with Crippen molar-refractivity contribution in [1.29, 1.82) is 0 Å². The highest BCUT2D eigenvalue weighted by Crippen LogP contribution is 2.17. The number of hydrogen-bond donors (Lipinski definition) is 2. The molecule has 0 saturated carbocycles. The molecule has 2 aliphatic heterocycles. The zero-order valence-electron chi connectivity index (χ0n) is 6.98. The van der Waals surface area contributed by atoms with E-state index in [4.69, 9.17) is 0 Å². The first-order chi connectivity index (χ1) is 4.97. The molecule has 2 nitrogen and oxygen atoms in total. The maximum absolute atomic E-state index is 3.46. The van der Waals surface area contributed by atoms with Crippen molar-refractivity contribution in [1.82, 2.24) is 10.6 Å². The standard InChI is InChI=1S/C6H12N2.C2H6.H2/c1-2-8-6-4-7-3-5(1)6;1-2;/h5-8H,1-4H2;1-2H3;1H/t5-,6+;;/m0../s1. The Morgan fingerprint density at radius 3 is 2.80 bits per heavy atom. The first-order valence-electron chi connectivity index (χ1n) is 4.41. The van der Waals surface area contributed by atoms with Crippen molar-refractivity contribution < 1.29 is 1.43 Å². The van der Waals surface area contributed by atoms with Crippen LogP contribution in [0.15, 0.2) is 0 Å². The first-order valence-corrected chi connectivity index (χ1v) is 4.41. The molecule has 0 radical (unpaired) electrons. The van der Waals surface area contributed by atoms with E-state index in [2.05, 4.69) is 10.6 Å². The second-order valence-corrected chi connectivity index (χ2v) is 2.77. The van der Waals surface area contributed by atoms with Gasteiger partial charge >= 0.3 is 0 Å². The average molecular weight is 144 g/mol. The lowest BCUT2D eigenvalue weighted by atomic mass is 10.1. The predicted octanol–water partition coefficient (Wildman–Crippen LogP) is 0.840. The largest absolute Gasteiger partial charge is 0.315 e. The van der Waals surface area contributed by atoms with Crippen LogP contribution in [-0.4, -0.2) is 25.7 Å². The Morgan fingerprint density at radius 2 is 2.10 bits per heavy atom. The van der Waals surface area contributed by atoms with E-state index in [9.17, 15) is 0 Å². The van der Waals surface area contributed by atoms with Gasteiger partial charge in [-0.3, -0.25) is 0 Å². The third kappa shape index (κ3) is 1.50. The molecule has 62 valence electrons. The van der Waals surface area contributed by atoms with E-state index >= 15 is 0 Å². The maximum atomic E-state index is 3.46. The highest BCUT2D eigenvalue weighted by atomic mass is 15.1. The molecule has 0 aliphatic carbocycles. The Labute approximate surface area is 64.9 Å². The van der Waals surface area contributed by atoms with Gasteiger partial charge in [0.1, 0.15) is 0 Å². The lowest BCUT2D eigenvalue weighted by Gasteiger charge is -2.03. The minimum atomic E-state index is 0. The molecule has 10 heavy (non-hydrogen) atoms. The molecule has 0 aromatic carbocycles. The van der Waals surface area contributed by atoms with Gasteiger partial charge < -0.3 is 10.6 Å². The van der Waals surface area contributed by atoms with Crippen LogP contribution < -0.4 is 10.6 Å². The quantitative estimate of drug-likeness (QED) is 0.526. The van der Waals surface area contributed by atoms with Gasteiger partial charge in [0.05, 0.1) is 0 Å². The summed E-state index contributed by atoms with van der Waals surface area (Å²) in [6.45, 7) is 7.69. The maximum Gasteiger partial charge on any atom is 0.0233 e. The summed E-state index contributed by atoms with van der Waals surface area (Å²) in [7, 11) is 0. The molecule has 0 bridgehead atoms. The Kier molecular flexibility index (Phi) is 3.16. The van der Waals surface area contributed by atoms with Crippen LogP contribution in [0.25, 0.3) is 0 Å². The second-order valence-electron chi connectivity index (χ2n) is 2.77. The normalized spacial score (nSPS) is 36.6. The molecule has 0 amide bonds. The Hall–Kier alpha value is -0.0800. The summed E-state index contributed by atoms with van der Waals surface area (Å²) in [5, 5.41) is 6.82. The van der Waals surface area contributed by atoms with Crippen LogP contribution >= 0.6 is 0 Å². The van der Waals surface area contributed by atoms with Crippen molar-refractivity contribution in [2.75, 3.05) is 19.6 Å². The summed E-state index contributed by atoms with van der Waals surface area (Å²) in [6.07, 6.45) is 1.39. The van der Waals surface area contributed by atoms with Gasteiger partial charge in [0.25, 0.3) is 0 Å². The first kappa shape index (κ1) is 8.02. The fourth-order valence-electron chi connectivity index (χ4n) is 1.73. The minimum Gasteiger partial charge on any atom is -0.315 e. The summed E-state index contributed by atoms with van der Waals surface area (Å²) >= 11 is 0. The van der Waals surface area contributed by atoms with Gasteiger partial charge in [0, 0.05) is 14.0 Å². The summed E-state index contributed by atoms with van der Waals surface area (Å²) in [6, 6.07) is 0.815. The van der Waals surface area contributed by atoms with E-state index in [1.165, 1.54) is 26.1 Å². The zero-order valence-corrected chi connectivity index (χ0v) is 6.98. The van der Waals surface area contributed by atoms with Crippen LogP contribution in [0, 0.1) is 5.92 Å². The molecule has 2 heteroatoms. The van der Waals surface area contributed by atoms with Crippen LogP contribution in [0.3, 0.4) is 0 Å². The van der Waals surface area contributed by atoms with Crippen molar-refractivity contribution >= 4 is 0 Å². The molecule has 2 N–H and O–H groups in total. The van der Waals surface area contributed by atoms with Gasteiger partial charge in [-0.1, -0.05) is 13.8 Å². The van der Waals surface area contributed by atoms with E-state index in [0.29, 0.717) is 0 Å². The number of hydrogen-bond acceptors (Lipinski definition) is 2. The highest BCUT2D eigenvalue weighted by molar-refractivity contribution is 4.91. The lowest BCUT2D eigenvalue weighted by molar-refractivity contribution is 0.555. The summed E-state index contributed by atoms with van der Waals surface area (Å²) in [5.41, 5.74) is 0. The van der Waals surface area contributed by atoms with Crippen molar-refractivity contribution in [3.05, 3.63) is 0 Å². The topological polar surface area (TPSA) is 24.1 Å². The minimum absolute atomic E-state index is 0. The Morgan fingerprint density at radius 1 is 1.30 bits per heavy atom. The van der Waals surface area contributed by atoms with Gasteiger partial charge in [-0.25, -0.2) is 0 Å². The van der Waals surface area contributed by atoms with Crippen LogP contribution in [0.4, 0.5) is 0 Å². The van der Waals surface area contributed by atoms with Crippen molar-refractivity contribution in [2.45, 2.75) is 26.3 Å². The monoisotopic (exact) mass is 144 g/mol. The van der Waals surface area contributed by atoms with E-state index < -0.39 is 0 Å². The Balaban J connectivity index is 0.000000311. The molecule has 2 saturated heterocycles. The zero-order chi connectivity index (χ0) is 7.40. The molecule has 2 fully saturated rings. The van der Waals surface area contributed by atoms with Crippen molar-refractivity contribution in [3.63, 3.8) is 0 Å². The molecule has 0 spiro atoms. The molecule has 2 rings (SSSR count). The summed E-state index contributed by atoms with van der Waals surface area (Å²) in [5.74, 6) is 0.954. The number of nitrogens with one attached hydrogen (secondary N) is 2. The fourth-order valence-corrected chi connectivity index (χ4v) is 1.73. The Bertz CT molecular complexity index is 78.1. The fraction of sp³-hybridized carbons (Fsp3) is 1.00. The third-order valence-electron chi connectivity index (χ3n) is 2.26. The smallest absolute Gasteiger partial charge is 0.0233 e. The predicted molar refractivity (Wildman–Crippen MR) is 46.2 cm³/mol. The highest BCUT2D eigenvalue weighted by Gasteiger charge is 2.30. The van der Waals surface area contributed by atoms with Gasteiger partial charge in [0.15, 0.2) is 0 Å². The van der Waals surface area contributed by atoms with Crippen LogP contribution in [-0.2, 0) is 0 Å². The van der Waals surface area contributed by atoms with Crippen molar-refractivity contribution in [3.8, 4) is 0 Å². The molecule has 2 aliphatic rings. The molecule has 0 aromatic rings. The van der Waals surface area contributed by atoms with Gasteiger partial charge in [-0.15, -0.1) is 0 Å². The van der Waals surface area contributed by atoms with Gasteiger partial charge in [-0.05, 0) is 25.4 Å². The molecule has 2 heterocycles. The van der Waals surface area contributed by atoms with Crippen LogP contribution in [0.2, 0.25) is 0 Å². The second kappa shape index (κ2) is 3.94. The molecule has 2 atom stereocenters. The van der Waals surface area contributed by atoms with E-state index in [1.807, 2.05) is 13.8 Å². The molecule has 0 aromatic heterocycles. The molecular formula is C8H20N2. The van der Waals surface area contributed by atoms with Crippen molar-refractivity contribution in [2.24, 2.45) is 5.92 Å². The number of fused-ring (bicyclic) bond motifs is 1.